The van der Waals surface area contributed by atoms with E-state index in [1.807, 2.05) is 24.3 Å². The number of halogens is 1. The number of rotatable bonds is 4. The fourth-order valence-corrected chi connectivity index (χ4v) is 1.52. The van der Waals surface area contributed by atoms with Crippen molar-refractivity contribution in [3.05, 3.63) is 47.0 Å². The van der Waals surface area contributed by atoms with Gasteiger partial charge in [0.2, 0.25) is 5.91 Å². The van der Waals surface area contributed by atoms with Crippen LogP contribution in [0, 0.1) is 0 Å². The normalized spacial score (nSPS) is 9.94. The van der Waals surface area contributed by atoms with Crippen molar-refractivity contribution in [3.8, 4) is 0 Å². The Morgan fingerprint density at radius 3 is 2.44 bits per heavy atom. The largest absolute Gasteiger partial charge is 0.342 e. The van der Waals surface area contributed by atoms with Gasteiger partial charge in [0.25, 0.3) is 0 Å². The first-order chi connectivity index (χ1) is 7.49. The van der Waals surface area contributed by atoms with Crippen molar-refractivity contribution >= 4 is 17.5 Å². The fraction of sp³-hybridized carbons (Fsp3) is 0.308. The van der Waals surface area contributed by atoms with Crippen LogP contribution in [0.25, 0.3) is 0 Å². The Morgan fingerprint density at radius 1 is 1.38 bits per heavy atom. The second-order valence-corrected chi connectivity index (χ2v) is 4.36. The molecular weight excluding hydrogens is 222 g/mol. The highest BCUT2D eigenvalue weighted by molar-refractivity contribution is 6.30. The van der Waals surface area contributed by atoms with Crippen molar-refractivity contribution in [2.45, 2.75) is 13.3 Å². The zero-order valence-corrected chi connectivity index (χ0v) is 10.4. The van der Waals surface area contributed by atoms with Crippen molar-refractivity contribution < 1.29 is 4.79 Å². The van der Waals surface area contributed by atoms with Gasteiger partial charge in [0, 0.05) is 25.5 Å². The average Bonchev–Trinajstić information content (AvgIpc) is 2.21. The Labute approximate surface area is 102 Å². The van der Waals surface area contributed by atoms with Crippen LogP contribution >= 0.6 is 11.6 Å². The van der Waals surface area contributed by atoms with E-state index in [2.05, 4.69) is 6.58 Å². The van der Waals surface area contributed by atoms with Crippen LogP contribution in [-0.2, 0) is 11.2 Å². The third-order valence-corrected chi connectivity index (χ3v) is 2.62. The van der Waals surface area contributed by atoms with E-state index in [-0.39, 0.29) is 5.91 Å². The van der Waals surface area contributed by atoms with Crippen LogP contribution in [0.3, 0.4) is 0 Å². The van der Waals surface area contributed by atoms with E-state index >= 15 is 0 Å². The van der Waals surface area contributed by atoms with Gasteiger partial charge in [-0.15, -0.1) is 0 Å². The molecule has 0 aliphatic rings. The van der Waals surface area contributed by atoms with Crippen molar-refractivity contribution in [1.82, 2.24) is 4.90 Å². The molecule has 0 bridgehead atoms. The van der Waals surface area contributed by atoms with Gasteiger partial charge >= 0.3 is 0 Å². The standard InChI is InChI=1S/C13H16ClNO/c1-10(9-15(3)11(2)16)8-12-4-6-13(14)7-5-12/h4-7H,1,8-9H2,2-3H3. The smallest absolute Gasteiger partial charge is 0.219 e. The molecule has 0 fully saturated rings. The van der Waals surface area contributed by atoms with Crippen LogP contribution in [-0.4, -0.2) is 24.4 Å². The van der Waals surface area contributed by atoms with Gasteiger partial charge in [-0.2, -0.15) is 0 Å². The molecule has 0 aliphatic heterocycles. The molecule has 0 saturated carbocycles. The van der Waals surface area contributed by atoms with E-state index in [9.17, 15) is 4.79 Å². The third-order valence-electron chi connectivity index (χ3n) is 2.37. The Hall–Kier alpha value is -1.28. The Morgan fingerprint density at radius 2 is 1.94 bits per heavy atom. The molecule has 0 aromatic heterocycles. The summed E-state index contributed by atoms with van der Waals surface area (Å²) in [6, 6.07) is 7.67. The fourth-order valence-electron chi connectivity index (χ4n) is 1.39. The molecule has 0 aliphatic carbocycles. The van der Waals surface area contributed by atoms with Gasteiger partial charge in [-0.05, 0) is 24.1 Å². The number of hydrogen-bond donors (Lipinski definition) is 0. The molecule has 0 N–H and O–H groups in total. The lowest BCUT2D eigenvalue weighted by Crippen LogP contribution is -2.26. The third kappa shape index (κ3) is 4.07. The van der Waals surface area contributed by atoms with Crippen LogP contribution in [0.5, 0.6) is 0 Å². The van der Waals surface area contributed by atoms with E-state index in [4.69, 9.17) is 11.6 Å². The first kappa shape index (κ1) is 12.8. The summed E-state index contributed by atoms with van der Waals surface area (Å²) in [5.74, 6) is 0.0530. The Kier molecular flexibility index (Phi) is 4.56. The van der Waals surface area contributed by atoms with Gasteiger partial charge in [0.05, 0.1) is 0 Å². The lowest BCUT2D eigenvalue weighted by Gasteiger charge is -2.16. The number of hydrogen-bond acceptors (Lipinski definition) is 1. The SMILES string of the molecule is C=C(Cc1ccc(Cl)cc1)CN(C)C(C)=O. The summed E-state index contributed by atoms with van der Waals surface area (Å²) in [7, 11) is 1.77. The van der Waals surface area contributed by atoms with Crippen LogP contribution in [0.1, 0.15) is 12.5 Å². The molecule has 16 heavy (non-hydrogen) atoms. The molecule has 2 nitrogen and oxygen atoms in total. The average molecular weight is 238 g/mol. The van der Waals surface area contributed by atoms with Crippen molar-refractivity contribution in [3.63, 3.8) is 0 Å². The van der Waals surface area contributed by atoms with Gasteiger partial charge in [0.15, 0.2) is 0 Å². The number of carbonyl (C=O) groups is 1. The van der Waals surface area contributed by atoms with Crippen molar-refractivity contribution in [2.24, 2.45) is 0 Å². The molecule has 0 heterocycles. The van der Waals surface area contributed by atoms with Crippen molar-refractivity contribution in [1.29, 1.82) is 0 Å². The summed E-state index contributed by atoms with van der Waals surface area (Å²) < 4.78 is 0. The van der Waals surface area contributed by atoms with Gasteiger partial charge < -0.3 is 4.90 Å². The minimum absolute atomic E-state index is 0.0530. The Bertz CT molecular complexity index is 383. The predicted octanol–water partition coefficient (Wildman–Crippen LogP) is 2.92. The molecule has 1 aromatic carbocycles. The van der Waals surface area contributed by atoms with E-state index < -0.39 is 0 Å². The van der Waals surface area contributed by atoms with E-state index in [1.54, 1.807) is 18.9 Å². The molecule has 1 rings (SSSR count). The number of carbonyl (C=O) groups excluding carboxylic acids is 1. The first-order valence-corrected chi connectivity index (χ1v) is 5.49. The minimum atomic E-state index is 0.0530. The number of nitrogens with zero attached hydrogens (tertiary/aromatic N) is 1. The maximum absolute atomic E-state index is 11.0. The topological polar surface area (TPSA) is 20.3 Å². The highest BCUT2D eigenvalue weighted by Crippen LogP contribution is 2.12. The van der Waals surface area contributed by atoms with Crippen molar-refractivity contribution in [2.75, 3.05) is 13.6 Å². The maximum Gasteiger partial charge on any atom is 0.219 e. The lowest BCUT2D eigenvalue weighted by atomic mass is 10.1. The summed E-state index contributed by atoms with van der Waals surface area (Å²) >= 11 is 5.80. The highest BCUT2D eigenvalue weighted by atomic mass is 35.5. The summed E-state index contributed by atoms with van der Waals surface area (Å²) in [6.45, 7) is 6.11. The second-order valence-electron chi connectivity index (χ2n) is 3.93. The maximum atomic E-state index is 11.0. The molecule has 0 unspecified atom stereocenters. The van der Waals surface area contributed by atoms with Crippen LogP contribution in [0.15, 0.2) is 36.4 Å². The van der Waals surface area contributed by atoms with Gasteiger partial charge in [-0.3, -0.25) is 4.79 Å². The quantitative estimate of drug-likeness (QED) is 0.738. The molecule has 86 valence electrons. The van der Waals surface area contributed by atoms with Crippen LogP contribution in [0.2, 0.25) is 5.02 Å². The number of amides is 1. The van der Waals surface area contributed by atoms with Gasteiger partial charge in [-0.25, -0.2) is 0 Å². The van der Waals surface area contributed by atoms with E-state index in [1.165, 1.54) is 0 Å². The molecular formula is C13H16ClNO. The lowest BCUT2D eigenvalue weighted by molar-refractivity contribution is -0.127. The van der Waals surface area contributed by atoms with Gasteiger partial charge in [-0.1, -0.05) is 35.9 Å². The number of likely N-dealkylation sites (N-methyl/N-ethyl adjacent to an activating group) is 1. The zero-order chi connectivity index (χ0) is 12.1. The Balaban J connectivity index is 2.52. The zero-order valence-electron chi connectivity index (χ0n) is 9.66. The second kappa shape index (κ2) is 5.71. The van der Waals surface area contributed by atoms with Crippen LogP contribution < -0.4 is 0 Å². The molecule has 0 saturated heterocycles. The molecule has 1 aromatic rings. The summed E-state index contributed by atoms with van der Waals surface area (Å²) in [4.78, 5) is 12.7. The van der Waals surface area contributed by atoms with Crippen LogP contribution in [0.4, 0.5) is 0 Å². The predicted molar refractivity (Wildman–Crippen MR) is 67.6 cm³/mol. The molecule has 3 heteroatoms. The molecule has 0 spiro atoms. The summed E-state index contributed by atoms with van der Waals surface area (Å²) in [5, 5.41) is 0.732. The number of benzene rings is 1. The monoisotopic (exact) mass is 237 g/mol. The summed E-state index contributed by atoms with van der Waals surface area (Å²) in [5.41, 5.74) is 2.17. The summed E-state index contributed by atoms with van der Waals surface area (Å²) in [6.07, 6.45) is 0.773. The van der Waals surface area contributed by atoms with Gasteiger partial charge in [0.1, 0.15) is 0 Å². The van der Waals surface area contributed by atoms with E-state index in [0.29, 0.717) is 6.54 Å². The minimum Gasteiger partial charge on any atom is -0.342 e. The first-order valence-electron chi connectivity index (χ1n) is 5.12. The molecule has 1 amide bonds. The molecule has 0 atom stereocenters. The highest BCUT2D eigenvalue weighted by Gasteiger charge is 2.04. The van der Waals surface area contributed by atoms with E-state index in [0.717, 1.165) is 22.6 Å². The molecule has 0 radical (unpaired) electrons.